The van der Waals surface area contributed by atoms with E-state index in [-0.39, 0.29) is 23.0 Å². The number of aromatic nitrogens is 2. The van der Waals surface area contributed by atoms with Crippen molar-refractivity contribution in [3.8, 4) is 0 Å². The first-order chi connectivity index (χ1) is 11.5. The summed E-state index contributed by atoms with van der Waals surface area (Å²) >= 11 is 2.18. The molecule has 8 nitrogen and oxygen atoms in total. The highest BCUT2D eigenvalue weighted by Crippen LogP contribution is 2.12. The summed E-state index contributed by atoms with van der Waals surface area (Å²) in [6.07, 6.45) is -0.142. The number of aromatic amines is 1. The lowest BCUT2D eigenvalue weighted by atomic mass is 10.3. The summed E-state index contributed by atoms with van der Waals surface area (Å²) in [5.41, 5.74) is -0.204. The van der Waals surface area contributed by atoms with E-state index in [1.54, 1.807) is 17.5 Å². The molecule has 0 radical (unpaired) electrons. The minimum atomic E-state index is -0.525. The third-order valence-electron chi connectivity index (χ3n) is 2.66. The Kier molecular flexibility index (Phi) is 6.27. The smallest absolute Gasteiger partial charge is 0.311 e. The van der Waals surface area contributed by atoms with Crippen LogP contribution in [-0.4, -0.2) is 40.6 Å². The van der Waals surface area contributed by atoms with E-state index < -0.39 is 23.3 Å². The molecule has 10 heteroatoms. The van der Waals surface area contributed by atoms with Crippen molar-refractivity contribution in [2.75, 3.05) is 12.9 Å². The van der Waals surface area contributed by atoms with Crippen LogP contribution in [0.2, 0.25) is 0 Å². The molecule has 0 atom stereocenters. The number of thioether (sulfide) groups is 1. The number of imide groups is 1. The van der Waals surface area contributed by atoms with Crippen LogP contribution in [0.1, 0.15) is 15.4 Å². The number of H-pyrrole nitrogens is 1. The average molecular weight is 367 g/mol. The molecule has 2 aromatic heterocycles. The van der Waals surface area contributed by atoms with E-state index in [0.29, 0.717) is 4.88 Å². The first-order valence-electron chi connectivity index (χ1n) is 6.65. The number of nitrogens with one attached hydrogen (secondary N) is 2. The number of nitrogens with zero attached hydrogens (tertiary/aromatic N) is 1. The first kappa shape index (κ1) is 17.9. The monoisotopic (exact) mass is 367 g/mol. The van der Waals surface area contributed by atoms with Crippen molar-refractivity contribution in [1.82, 2.24) is 15.3 Å². The summed E-state index contributed by atoms with van der Waals surface area (Å²) in [6.45, 7) is 0. The highest BCUT2D eigenvalue weighted by atomic mass is 32.2. The topological polar surface area (TPSA) is 118 Å². The van der Waals surface area contributed by atoms with E-state index in [4.69, 9.17) is 0 Å². The Labute approximate surface area is 144 Å². The molecular weight excluding hydrogens is 354 g/mol. The second-order valence-electron chi connectivity index (χ2n) is 4.44. The normalized spacial score (nSPS) is 10.2. The lowest BCUT2D eigenvalue weighted by Crippen LogP contribution is -2.31. The van der Waals surface area contributed by atoms with Crippen molar-refractivity contribution in [2.24, 2.45) is 0 Å². The maximum absolute atomic E-state index is 11.8. The number of ether oxygens (including phenoxy) is 1. The first-order valence-corrected chi connectivity index (χ1v) is 8.52. The van der Waals surface area contributed by atoms with Gasteiger partial charge in [-0.1, -0.05) is 17.8 Å². The fraction of sp³-hybridized carbons (Fsp3) is 0.214. The third-order valence-corrected chi connectivity index (χ3v) is 4.41. The highest BCUT2D eigenvalue weighted by molar-refractivity contribution is 7.99. The molecule has 2 amide bonds. The Bertz CT molecular complexity index is 801. The van der Waals surface area contributed by atoms with Gasteiger partial charge in [0.05, 0.1) is 29.9 Å². The van der Waals surface area contributed by atoms with Crippen molar-refractivity contribution in [1.29, 1.82) is 0 Å². The Morgan fingerprint density at radius 2 is 2.21 bits per heavy atom. The number of methoxy groups -OCH3 is 1. The van der Waals surface area contributed by atoms with Gasteiger partial charge in [0.1, 0.15) is 0 Å². The maximum atomic E-state index is 11.8. The standard InChI is InChI=1S/C14H13N3O5S2/c1-22-12(20)6-8-5-10(18)17-14(15-8)24-7-11(19)16-13(21)9-3-2-4-23-9/h2-5H,6-7H2,1H3,(H,15,17,18)(H,16,19,21). The Morgan fingerprint density at radius 3 is 2.88 bits per heavy atom. The van der Waals surface area contributed by atoms with Crippen molar-refractivity contribution in [2.45, 2.75) is 11.6 Å². The number of amides is 2. The summed E-state index contributed by atoms with van der Waals surface area (Å²) in [5.74, 6) is -1.62. The minimum absolute atomic E-state index is 0.109. The molecule has 2 aromatic rings. The van der Waals surface area contributed by atoms with E-state index in [1.807, 2.05) is 0 Å². The summed E-state index contributed by atoms with van der Waals surface area (Å²) in [5, 5.41) is 4.15. The molecule has 2 heterocycles. The van der Waals surface area contributed by atoms with Crippen LogP contribution >= 0.6 is 23.1 Å². The molecule has 0 aliphatic carbocycles. The van der Waals surface area contributed by atoms with Gasteiger partial charge in [0, 0.05) is 6.07 Å². The molecule has 0 bridgehead atoms. The van der Waals surface area contributed by atoms with Crippen molar-refractivity contribution < 1.29 is 19.1 Å². The predicted molar refractivity (Wildman–Crippen MR) is 88.1 cm³/mol. The molecule has 0 spiro atoms. The largest absolute Gasteiger partial charge is 0.469 e. The number of thiophene rings is 1. The second-order valence-corrected chi connectivity index (χ2v) is 6.35. The third kappa shape index (κ3) is 5.32. The average Bonchev–Trinajstić information content (AvgIpc) is 3.07. The van der Waals surface area contributed by atoms with E-state index in [2.05, 4.69) is 20.0 Å². The molecule has 0 unspecified atom stereocenters. The van der Waals surface area contributed by atoms with Gasteiger partial charge in [-0.05, 0) is 11.4 Å². The lowest BCUT2D eigenvalue weighted by Gasteiger charge is -2.04. The zero-order chi connectivity index (χ0) is 17.5. The van der Waals surface area contributed by atoms with Crippen molar-refractivity contribution in [3.05, 3.63) is 44.5 Å². The number of carbonyl (C=O) groups excluding carboxylic acids is 3. The molecule has 0 aliphatic heterocycles. The molecular formula is C14H13N3O5S2. The number of carbonyl (C=O) groups is 3. The van der Waals surface area contributed by atoms with Crippen LogP contribution in [0.5, 0.6) is 0 Å². The molecule has 126 valence electrons. The lowest BCUT2D eigenvalue weighted by molar-refractivity contribution is -0.139. The summed E-state index contributed by atoms with van der Waals surface area (Å²) in [4.78, 5) is 53.2. The fourth-order valence-corrected chi connectivity index (χ4v) is 2.94. The SMILES string of the molecule is COC(=O)Cc1cc(=O)[nH]c(SCC(=O)NC(=O)c2cccs2)n1. The van der Waals surface area contributed by atoms with Crippen LogP contribution < -0.4 is 10.9 Å². The van der Waals surface area contributed by atoms with Gasteiger partial charge in [-0.15, -0.1) is 11.3 Å². The molecule has 24 heavy (non-hydrogen) atoms. The van der Waals surface area contributed by atoms with Gasteiger partial charge in [-0.25, -0.2) is 4.98 Å². The van der Waals surface area contributed by atoms with Gasteiger partial charge in [-0.2, -0.15) is 0 Å². The zero-order valence-electron chi connectivity index (χ0n) is 12.5. The molecule has 0 aromatic carbocycles. The maximum Gasteiger partial charge on any atom is 0.311 e. The van der Waals surface area contributed by atoms with Gasteiger partial charge >= 0.3 is 5.97 Å². The van der Waals surface area contributed by atoms with E-state index >= 15 is 0 Å². The molecule has 2 N–H and O–H groups in total. The van der Waals surface area contributed by atoms with E-state index in [0.717, 1.165) is 11.8 Å². The predicted octanol–water partition coefficient (Wildman–Crippen LogP) is 0.596. The minimum Gasteiger partial charge on any atom is -0.469 e. The van der Waals surface area contributed by atoms with Crippen LogP contribution in [0.3, 0.4) is 0 Å². The quantitative estimate of drug-likeness (QED) is 0.436. The summed E-state index contributed by atoms with van der Waals surface area (Å²) in [7, 11) is 1.24. The molecule has 0 saturated carbocycles. The number of rotatable bonds is 6. The Morgan fingerprint density at radius 1 is 1.42 bits per heavy atom. The van der Waals surface area contributed by atoms with Crippen LogP contribution in [-0.2, 0) is 20.7 Å². The van der Waals surface area contributed by atoms with E-state index in [1.165, 1.54) is 24.5 Å². The molecule has 2 rings (SSSR count). The zero-order valence-corrected chi connectivity index (χ0v) is 14.2. The number of hydrogen-bond donors (Lipinski definition) is 2. The van der Waals surface area contributed by atoms with Crippen molar-refractivity contribution >= 4 is 40.9 Å². The molecule has 0 fully saturated rings. The van der Waals surface area contributed by atoms with Crippen LogP contribution in [0.4, 0.5) is 0 Å². The number of esters is 1. The van der Waals surface area contributed by atoms with Gasteiger partial charge in [0.25, 0.3) is 11.5 Å². The summed E-state index contributed by atoms with van der Waals surface area (Å²) < 4.78 is 4.51. The Hall–Kier alpha value is -2.46. The van der Waals surface area contributed by atoms with Crippen LogP contribution in [0.15, 0.2) is 33.5 Å². The van der Waals surface area contributed by atoms with E-state index in [9.17, 15) is 19.2 Å². The second kappa shape index (κ2) is 8.41. The molecule has 0 saturated heterocycles. The van der Waals surface area contributed by atoms with Gasteiger partial charge in [0.15, 0.2) is 5.16 Å². The summed E-state index contributed by atoms with van der Waals surface area (Å²) in [6, 6.07) is 4.50. The highest BCUT2D eigenvalue weighted by Gasteiger charge is 2.13. The van der Waals surface area contributed by atoms with Crippen LogP contribution in [0.25, 0.3) is 0 Å². The Balaban J connectivity index is 1.93. The van der Waals surface area contributed by atoms with Crippen LogP contribution in [0, 0.1) is 0 Å². The van der Waals surface area contributed by atoms with Gasteiger partial charge in [-0.3, -0.25) is 24.5 Å². The van der Waals surface area contributed by atoms with Gasteiger partial charge in [0.2, 0.25) is 5.91 Å². The van der Waals surface area contributed by atoms with Crippen molar-refractivity contribution in [3.63, 3.8) is 0 Å². The molecule has 0 aliphatic rings. The van der Waals surface area contributed by atoms with Gasteiger partial charge < -0.3 is 9.72 Å². The number of hydrogen-bond acceptors (Lipinski definition) is 8. The fourth-order valence-electron chi connectivity index (χ4n) is 1.63.